The zero-order chi connectivity index (χ0) is 17.5. The fourth-order valence-corrected chi connectivity index (χ4v) is 4.54. The number of nitrogens with zero attached hydrogens (tertiary/aromatic N) is 4. The summed E-state index contributed by atoms with van der Waals surface area (Å²) in [4.78, 5) is 28.4. The van der Waals surface area contributed by atoms with Crippen LogP contribution in [0.3, 0.4) is 0 Å². The standard InChI is InChI=1S/C19H19N5OS/c25-17-11-13(20-19-24(17)9-10-26-19)12-23-8-4-3-7-16(23)18-21-14-5-1-2-6-15(14)22-18/h1-2,5-6,9-11,16H,3-4,7-8,12H2,(H,21,22)/t16-/m0/s1. The lowest BCUT2D eigenvalue weighted by molar-refractivity contribution is 0.133. The first kappa shape index (κ1) is 15.7. The van der Waals surface area contributed by atoms with Gasteiger partial charge < -0.3 is 4.98 Å². The molecule has 26 heavy (non-hydrogen) atoms. The summed E-state index contributed by atoms with van der Waals surface area (Å²) >= 11 is 1.49. The van der Waals surface area contributed by atoms with Gasteiger partial charge in [0.1, 0.15) is 5.82 Å². The zero-order valence-electron chi connectivity index (χ0n) is 14.3. The molecule has 1 N–H and O–H groups in total. The number of piperidine rings is 1. The first-order valence-electron chi connectivity index (χ1n) is 8.92. The Morgan fingerprint density at radius 2 is 2.15 bits per heavy atom. The number of nitrogens with one attached hydrogen (secondary N) is 1. The van der Waals surface area contributed by atoms with Crippen LogP contribution >= 0.6 is 11.3 Å². The largest absolute Gasteiger partial charge is 0.341 e. The number of H-pyrrole nitrogens is 1. The number of likely N-dealkylation sites (tertiary alicyclic amines) is 1. The number of para-hydroxylation sites is 2. The first-order chi connectivity index (χ1) is 12.8. The third-order valence-corrected chi connectivity index (χ3v) is 5.81. The maximum atomic E-state index is 12.3. The Morgan fingerprint density at radius 3 is 3.08 bits per heavy atom. The monoisotopic (exact) mass is 365 g/mol. The van der Waals surface area contributed by atoms with Crippen LogP contribution in [-0.4, -0.2) is 30.8 Å². The molecular weight excluding hydrogens is 346 g/mol. The number of thiazole rings is 1. The van der Waals surface area contributed by atoms with E-state index >= 15 is 0 Å². The molecule has 4 heterocycles. The van der Waals surface area contributed by atoms with Gasteiger partial charge in [0.05, 0.1) is 22.8 Å². The molecule has 0 unspecified atom stereocenters. The molecule has 1 aromatic carbocycles. The molecule has 6 nitrogen and oxygen atoms in total. The summed E-state index contributed by atoms with van der Waals surface area (Å²) in [7, 11) is 0. The van der Waals surface area contributed by atoms with Crippen LogP contribution in [-0.2, 0) is 6.54 Å². The highest BCUT2D eigenvalue weighted by Crippen LogP contribution is 2.31. The van der Waals surface area contributed by atoms with E-state index in [0.29, 0.717) is 6.54 Å². The lowest BCUT2D eigenvalue weighted by Gasteiger charge is -2.34. The molecule has 3 aromatic heterocycles. The summed E-state index contributed by atoms with van der Waals surface area (Å²) in [5.41, 5.74) is 2.90. The Morgan fingerprint density at radius 1 is 1.23 bits per heavy atom. The van der Waals surface area contributed by atoms with E-state index < -0.39 is 0 Å². The summed E-state index contributed by atoms with van der Waals surface area (Å²) in [5, 5.41) is 1.89. The molecular formula is C19H19N5OS. The highest BCUT2D eigenvalue weighted by Gasteiger charge is 2.27. The minimum atomic E-state index is -0.0106. The molecule has 0 spiro atoms. The number of benzene rings is 1. The summed E-state index contributed by atoms with van der Waals surface area (Å²) < 4.78 is 1.60. The van der Waals surface area contributed by atoms with Crippen LogP contribution in [0.1, 0.15) is 36.8 Å². The molecule has 1 aliphatic heterocycles. The van der Waals surface area contributed by atoms with Crippen molar-refractivity contribution in [1.29, 1.82) is 0 Å². The summed E-state index contributed by atoms with van der Waals surface area (Å²) in [5.74, 6) is 1.01. The molecule has 1 saturated heterocycles. The molecule has 1 fully saturated rings. The van der Waals surface area contributed by atoms with E-state index in [-0.39, 0.29) is 11.6 Å². The lowest BCUT2D eigenvalue weighted by atomic mass is 10.0. The summed E-state index contributed by atoms with van der Waals surface area (Å²) in [6.45, 7) is 1.67. The third-order valence-electron chi connectivity index (χ3n) is 5.06. The average molecular weight is 365 g/mol. The van der Waals surface area contributed by atoms with Gasteiger partial charge in [0.15, 0.2) is 4.96 Å². The molecule has 0 saturated carbocycles. The van der Waals surface area contributed by atoms with E-state index in [2.05, 4.69) is 20.9 Å². The van der Waals surface area contributed by atoms with Crippen molar-refractivity contribution in [3.8, 4) is 0 Å². The Balaban J connectivity index is 1.48. The number of imidazole rings is 1. The van der Waals surface area contributed by atoms with Crippen molar-refractivity contribution in [3.05, 3.63) is 63.8 Å². The van der Waals surface area contributed by atoms with Gasteiger partial charge in [-0.1, -0.05) is 18.6 Å². The quantitative estimate of drug-likeness (QED) is 0.605. The molecule has 132 valence electrons. The Labute approximate surface area is 154 Å². The van der Waals surface area contributed by atoms with Crippen molar-refractivity contribution in [2.45, 2.75) is 31.8 Å². The molecule has 1 atom stereocenters. The minimum Gasteiger partial charge on any atom is -0.341 e. The van der Waals surface area contributed by atoms with Gasteiger partial charge in [-0.2, -0.15) is 0 Å². The van der Waals surface area contributed by atoms with Gasteiger partial charge in [0.2, 0.25) is 0 Å². The Hall–Kier alpha value is -2.51. The van der Waals surface area contributed by atoms with Crippen molar-refractivity contribution < 1.29 is 0 Å². The number of rotatable bonds is 3. The molecule has 0 aliphatic carbocycles. The normalized spacial score (nSPS) is 18.7. The topological polar surface area (TPSA) is 66.3 Å². The van der Waals surface area contributed by atoms with Gasteiger partial charge in [-0.15, -0.1) is 11.3 Å². The molecule has 1 aliphatic rings. The predicted octanol–water partition coefficient (Wildman–Crippen LogP) is 3.36. The molecule has 0 radical (unpaired) electrons. The van der Waals surface area contributed by atoms with Crippen LogP contribution in [0.2, 0.25) is 0 Å². The number of hydrogen-bond acceptors (Lipinski definition) is 5. The minimum absolute atomic E-state index is 0.0106. The predicted molar refractivity (Wildman–Crippen MR) is 102 cm³/mol. The second-order valence-electron chi connectivity index (χ2n) is 6.76. The maximum absolute atomic E-state index is 12.3. The second kappa shape index (κ2) is 6.34. The van der Waals surface area contributed by atoms with Crippen molar-refractivity contribution in [2.24, 2.45) is 0 Å². The van der Waals surface area contributed by atoms with Crippen LogP contribution in [0, 0.1) is 0 Å². The number of hydrogen-bond donors (Lipinski definition) is 1. The van der Waals surface area contributed by atoms with E-state index in [9.17, 15) is 4.79 Å². The average Bonchev–Trinajstić information content (AvgIpc) is 3.29. The smallest absolute Gasteiger partial charge is 0.258 e. The summed E-state index contributed by atoms with van der Waals surface area (Å²) in [6, 6.07) is 10.0. The van der Waals surface area contributed by atoms with Crippen LogP contribution in [0.15, 0.2) is 46.7 Å². The Bertz CT molecular complexity index is 1090. The van der Waals surface area contributed by atoms with Gasteiger partial charge in [-0.05, 0) is 31.5 Å². The fourth-order valence-electron chi connectivity index (χ4n) is 3.80. The molecule has 4 aromatic rings. The van der Waals surface area contributed by atoms with Crippen LogP contribution in [0.5, 0.6) is 0 Å². The fraction of sp³-hybridized carbons (Fsp3) is 0.316. The van der Waals surface area contributed by atoms with Gasteiger partial charge in [0.25, 0.3) is 5.56 Å². The van der Waals surface area contributed by atoms with Crippen molar-refractivity contribution in [3.63, 3.8) is 0 Å². The summed E-state index contributed by atoms with van der Waals surface area (Å²) in [6.07, 6.45) is 5.20. The molecule has 7 heteroatoms. The van der Waals surface area contributed by atoms with Crippen molar-refractivity contribution in [2.75, 3.05) is 6.54 Å². The Kier molecular flexibility index (Phi) is 3.83. The van der Waals surface area contributed by atoms with Crippen LogP contribution in [0.25, 0.3) is 16.0 Å². The highest BCUT2D eigenvalue weighted by molar-refractivity contribution is 7.15. The van der Waals surface area contributed by atoms with Gasteiger partial charge in [-0.25, -0.2) is 9.97 Å². The van der Waals surface area contributed by atoms with E-state index in [0.717, 1.165) is 46.9 Å². The zero-order valence-corrected chi connectivity index (χ0v) is 15.1. The van der Waals surface area contributed by atoms with E-state index in [1.54, 1.807) is 16.7 Å². The SMILES string of the molecule is O=c1cc(CN2CCCC[C@H]2c2nc3ccccc3[nH]2)nc2sccn12. The van der Waals surface area contributed by atoms with E-state index in [1.165, 1.54) is 17.8 Å². The van der Waals surface area contributed by atoms with Crippen molar-refractivity contribution in [1.82, 2.24) is 24.3 Å². The maximum Gasteiger partial charge on any atom is 0.258 e. The highest BCUT2D eigenvalue weighted by atomic mass is 32.1. The van der Waals surface area contributed by atoms with Crippen LogP contribution < -0.4 is 5.56 Å². The van der Waals surface area contributed by atoms with Crippen LogP contribution in [0.4, 0.5) is 0 Å². The molecule has 0 amide bonds. The van der Waals surface area contributed by atoms with Crippen molar-refractivity contribution >= 4 is 27.3 Å². The number of aromatic nitrogens is 4. The molecule has 0 bridgehead atoms. The van der Waals surface area contributed by atoms with E-state index in [4.69, 9.17) is 4.98 Å². The molecule has 5 rings (SSSR count). The van der Waals surface area contributed by atoms with E-state index in [1.807, 2.05) is 23.6 Å². The van der Waals surface area contributed by atoms with Gasteiger partial charge in [-0.3, -0.25) is 14.1 Å². The third kappa shape index (κ3) is 2.73. The lowest BCUT2D eigenvalue weighted by Crippen LogP contribution is -2.34. The van der Waals surface area contributed by atoms with Gasteiger partial charge in [0, 0.05) is 24.2 Å². The second-order valence-corrected chi connectivity index (χ2v) is 7.64. The number of aromatic amines is 1. The van der Waals surface area contributed by atoms with Gasteiger partial charge >= 0.3 is 0 Å². The first-order valence-corrected chi connectivity index (χ1v) is 9.80. The number of fused-ring (bicyclic) bond motifs is 2.